The van der Waals surface area contributed by atoms with Gasteiger partial charge < -0.3 is 9.47 Å². The molecule has 2 rings (SSSR count). The van der Waals surface area contributed by atoms with Crippen molar-refractivity contribution in [2.24, 2.45) is 5.92 Å². The number of benzene rings is 1. The van der Waals surface area contributed by atoms with E-state index in [2.05, 4.69) is 5.09 Å². The Morgan fingerprint density at radius 1 is 1.36 bits per heavy atom. The van der Waals surface area contributed by atoms with E-state index in [1.807, 2.05) is 6.07 Å². The zero-order valence-electron chi connectivity index (χ0n) is 12.6. The third kappa shape index (κ3) is 5.72. The molecule has 1 aromatic carbocycles. The number of hydrogen-bond donors (Lipinski definition) is 1. The van der Waals surface area contributed by atoms with Crippen LogP contribution in [0.1, 0.15) is 19.8 Å². The van der Waals surface area contributed by atoms with Gasteiger partial charge in [0.15, 0.2) is 5.75 Å². The van der Waals surface area contributed by atoms with Crippen molar-refractivity contribution >= 4 is 14.1 Å². The lowest BCUT2D eigenvalue weighted by molar-refractivity contribution is -0.147. The van der Waals surface area contributed by atoms with Gasteiger partial charge in [-0.3, -0.25) is 4.79 Å². The monoisotopic (exact) mass is 326 g/mol. The predicted molar refractivity (Wildman–Crippen MR) is 81.8 cm³/mol. The quantitative estimate of drug-likeness (QED) is 0.613. The second-order valence-corrected chi connectivity index (χ2v) is 6.15. The van der Waals surface area contributed by atoms with E-state index in [9.17, 15) is 9.36 Å². The Kier molecular flexibility index (Phi) is 6.77. The van der Waals surface area contributed by atoms with E-state index in [-0.39, 0.29) is 0 Å². The van der Waals surface area contributed by atoms with Crippen LogP contribution < -0.4 is 9.61 Å². The first-order valence-corrected chi connectivity index (χ1v) is 8.53. The molecule has 0 aromatic heterocycles. The molecule has 0 amide bonds. The topological polar surface area (TPSA) is 73.9 Å². The molecule has 1 aromatic rings. The van der Waals surface area contributed by atoms with Crippen molar-refractivity contribution in [1.29, 1.82) is 0 Å². The maximum Gasteiger partial charge on any atom is 0.664 e. The molecule has 7 heteroatoms. The van der Waals surface area contributed by atoms with E-state index in [1.54, 1.807) is 31.2 Å². The molecule has 1 saturated heterocycles. The van der Waals surface area contributed by atoms with E-state index in [1.165, 1.54) is 0 Å². The van der Waals surface area contributed by atoms with E-state index >= 15 is 0 Å². The van der Waals surface area contributed by atoms with Gasteiger partial charge in [0.05, 0.1) is 6.61 Å². The molecule has 1 aliphatic heterocycles. The van der Waals surface area contributed by atoms with Gasteiger partial charge in [-0.1, -0.05) is 23.3 Å². The summed E-state index contributed by atoms with van der Waals surface area (Å²) in [5.74, 6) is 0.407. The molecule has 1 heterocycles. The number of esters is 1. The zero-order valence-corrected chi connectivity index (χ0v) is 13.5. The highest BCUT2D eigenvalue weighted by molar-refractivity contribution is 7.37. The number of para-hydroxylation sites is 1. The van der Waals surface area contributed by atoms with Crippen molar-refractivity contribution < 1.29 is 23.4 Å². The molecular weight excluding hydrogens is 305 g/mol. The van der Waals surface area contributed by atoms with Crippen molar-refractivity contribution in [3.8, 4) is 5.75 Å². The number of hydrogen-bond acceptors (Lipinski definition) is 5. The minimum absolute atomic E-state index is 0.347. The standard InChI is InChI=1S/C15H21NO5P/c1-12(15(17)20-11-13-7-9-19-10-8-13)16-22(18)21-14-5-3-2-4-6-14/h2-6,12-13H,7-11H2,1H3,(H,16,18)/q+1/t12-/m0/s1. The molecule has 0 saturated carbocycles. The lowest BCUT2D eigenvalue weighted by Gasteiger charge is -2.21. The van der Waals surface area contributed by atoms with Crippen LogP contribution in [-0.4, -0.2) is 31.8 Å². The van der Waals surface area contributed by atoms with Gasteiger partial charge in [0, 0.05) is 17.8 Å². The van der Waals surface area contributed by atoms with Gasteiger partial charge in [-0.25, -0.2) is 4.52 Å². The number of carbonyl (C=O) groups excluding carboxylic acids is 1. The summed E-state index contributed by atoms with van der Waals surface area (Å²) >= 11 is 0. The second kappa shape index (κ2) is 8.83. The van der Waals surface area contributed by atoms with E-state index in [4.69, 9.17) is 14.0 Å². The highest BCUT2D eigenvalue weighted by Gasteiger charge is 2.29. The average Bonchev–Trinajstić information content (AvgIpc) is 2.54. The van der Waals surface area contributed by atoms with Crippen LogP contribution >= 0.6 is 8.18 Å². The minimum Gasteiger partial charge on any atom is -0.464 e. The summed E-state index contributed by atoms with van der Waals surface area (Å²) in [6.07, 6.45) is 1.81. The number of rotatable bonds is 7. The van der Waals surface area contributed by atoms with Crippen molar-refractivity contribution in [1.82, 2.24) is 5.09 Å². The van der Waals surface area contributed by atoms with Crippen molar-refractivity contribution in [3.63, 3.8) is 0 Å². The number of carbonyl (C=O) groups is 1. The van der Waals surface area contributed by atoms with Crippen LogP contribution in [-0.2, 0) is 18.8 Å². The van der Waals surface area contributed by atoms with Gasteiger partial charge in [0.2, 0.25) is 0 Å². The lowest BCUT2D eigenvalue weighted by Crippen LogP contribution is -2.33. The molecule has 0 aliphatic carbocycles. The van der Waals surface area contributed by atoms with Gasteiger partial charge in [-0.2, -0.15) is 0 Å². The summed E-state index contributed by atoms with van der Waals surface area (Å²) in [6, 6.07) is 8.11. The number of ether oxygens (including phenoxy) is 2. The fourth-order valence-corrected chi connectivity index (χ4v) is 2.84. The smallest absolute Gasteiger partial charge is 0.464 e. The first-order chi connectivity index (χ1) is 10.6. The Labute approximate surface area is 131 Å². The largest absolute Gasteiger partial charge is 0.664 e. The summed E-state index contributed by atoms with van der Waals surface area (Å²) < 4.78 is 27.5. The van der Waals surface area contributed by atoms with Crippen LogP contribution in [0.15, 0.2) is 30.3 Å². The van der Waals surface area contributed by atoms with Gasteiger partial charge >= 0.3 is 14.1 Å². The molecule has 0 spiro atoms. The van der Waals surface area contributed by atoms with Gasteiger partial charge in [-0.15, -0.1) is 0 Å². The highest BCUT2D eigenvalue weighted by atomic mass is 31.1. The molecule has 2 atom stereocenters. The fourth-order valence-electron chi connectivity index (χ4n) is 2.05. The van der Waals surface area contributed by atoms with Gasteiger partial charge in [0.1, 0.15) is 6.04 Å². The van der Waals surface area contributed by atoms with Crippen LogP contribution in [0.25, 0.3) is 0 Å². The lowest BCUT2D eigenvalue weighted by atomic mass is 10.0. The summed E-state index contributed by atoms with van der Waals surface area (Å²) in [5.41, 5.74) is 0. The molecule has 6 nitrogen and oxygen atoms in total. The first kappa shape index (κ1) is 16.9. The molecular formula is C15H21NO5P+. The SMILES string of the molecule is C[C@H](N[P+](=O)Oc1ccccc1)C(=O)OCC1CCOCC1. The maximum absolute atomic E-state index is 11.9. The Hall–Kier alpha value is -1.49. The normalized spacial score (nSPS) is 17.6. The molecule has 1 fully saturated rings. The van der Waals surface area contributed by atoms with Crippen molar-refractivity contribution in [2.75, 3.05) is 19.8 Å². The van der Waals surface area contributed by atoms with E-state index < -0.39 is 20.2 Å². The molecule has 1 unspecified atom stereocenters. The second-order valence-electron chi connectivity index (χ2n) is 5.20. The zero-order chi connectivity index (χ0) is 15.8. The molecule has 0 bridgehead atoms. The Bertz CT molecular complexity index is 490. The van der Waals surface area contributed by atoms with Crippen molar-refractivity contribution in [3.05, 3.63) is 30.3 Å². The van der Waals surface area contributed by atoms with Crippen LogP contribution in [0.2, 0.25) is 0 Å². The molecule has 22 heavy (non-hydrogen) atoms. The summed E-state index contributed by atoms with van der Waals surface area (Å²) in [6.45, 7) is 3.41. The maximum atomic E-state index is 11.9. The summed E-state index contributed by atoms with van der Waals surface area (Å²) in [4.78, 5) is 11.9. The molecule has 1 aliphatic rings. The number of nitrogens with one attached hydrogen (secondary N) is 1. The highest BCUT2D eigenvalue weighted by Crippen LogP contribution is 2.23. The van der Waals surface area contributed by atoms with Gasteiger partial charge in [0.25, 0.3) is 0 Å². The summed E-state index contributed by atoms with van der Waals surface area (Å²) in [7, 11) is -2.17. The fraction of sp³-hybridized carbons (Fsp3) is 0.533. The predicted octanol–water partition coefficient (Wildman–Crippen LogP) is 2.67. The van der Waals surface area contributed by atoms with Crippen LogP contribution in [0.5, 0.6) is 5.75 Å². The Morgan fingerprint density at radius 2 is 2.05 bits per heavy atom. The molecule has 1 N–H and O–H groups in total. The third-order valence-electron chi connectivity index (χ3n) is 3.39. The first-order valence-electron chi connectivity index (χ1n) is 7.36. The van der Waals surface area contributed by atoms with Crippen LogP contribution in [0.3, 0.4) is 0 Å². The molecule has 120 valence electrons. The van der Waals surface area contributed by atoms with E-state index in [0.29, 0.717) is 31.5 Å². The van der Waals surface area contributed by atoms with Crippen LogP contribution in [0.4, 0.5) is 0 Å². The molecule has 0 radical (unpaired) electrons. The van der Waals surface area contributed by atoms with Crippen LogP contribution in [0, 0.1) is 5.92 Å². The average molecular weight is 326 g/mol. The Morgan fingerprint density at radius 3 is 2.73 bits per heavy atom. The van der Waals surface area contributed by atoms with Crippen molar-refractivity contribution in [2.45, 2.75) is 25.8 Å². The summed E-state index contributed by atoms with van der Waals surface area (Å²) in [5, 5.41) is 2.60. The minimum atomic E-state index is -2.17. The van der Waals surface area contributed by atoms with E-state index in [0.717, 1.165) is 12.8 Å². The third-order valence-corrected chi connectivity index (χ3v) is 4.36. The van der Waals surface area contributed by atoms with Gasteiger partial charge in [-0.05, 0) is 37.8 Å². The Balaban J connectivity index is 1.70.